The Balaban J connectivity index is 1.17. The zero-order chi connectivity index (χ0) is 35.2. The number of hydrogen-bond donors (Lipinski definition) is 5. The second-order valence-electron chi connectivity index (χ2n) is 14.1. The molecule has 4 amide bonds. The molecule has 3 heterocycles. The maximum atomic E-state index is 13.4. The molecular formula is C37H43FN6O5. The summed E-state index contributed by atoms with van der Waals surface area (Å²) in [5.74, 6) is -1.13. The van der Waals surface area contributed by atoms with Crippen molar-refractivity contribution in [3.05, 3.63) is 93.5 Å². The SMILES string of the molecule is CC1=C(/C=C2\C(=O)Nc3ccc(C(=O)N[C@H](C)c4ccc(F)cc4)cc32)C2NC2C(C)=C1NC(=O)CC1CN(C(=O)OC(C)(C)C)CCN1. The van der Waals surface area contributed by atoms with E-state index in [-0.39, 0.29) is 54.1 Å². The van der Waals surface area contributed by atoms with E-state index < -0.39 is 11.7 Å². The smallest absolute Gasteiger partial charge is 0.410 e. The van der Waals surface area contributed by atoms with Gasteiger partial charge in [0.1, 0.15) is 11.4 Å². The summed E-state index contributed by atoms with van der Waals surface area (Å²) in [4.78, 5) is 54.0. The number of carbonyl (C=O) groups is 4. The highest BCUT2D eigenvalue weighted by Crippen LogP contribution is 2.41. The fourth-order valence-corrected chi connectivity index (χ4v) is 6.61. The number of anilines is 1. The van der Waals surface area contributed by atoms with E-state index in [2.05, 4.69) is 26.6 Å². The van der Waals surface area contributed by atoms with E-state index in [1.165, 1.54) is 12.1 Å². The number of carbonyl (C=O) groups excluding carboxylic acids is 4. The van der Waals surface area contributed by atoms with Gasteiger partial charge in [-0.25, -0.2) is 9.18 Å². The molecule has 3 unspecified atom stereocenters. The van der Waals surface area contributed by atoms with Gasteiger partial charge in [-0.05, 0) is 100 Å². The second kappa shape index (κ2) is 13.2. The first-order valence-electron chi connectivity index (χ1n) is 16.6. The van der Waals surface area contributed by atoms with Crippen LogP contribution in [0.5, 0.6) is 0 Å². The third-order valence-electron chi connectivity index (χ3n) is 9.27. The second-order valence-corrected chi connectivity index (χ2v) is 14.1. The minimum absolute atomic E-state index is 0.00422. The van der Waals surface area contributed by atoms with Crippen LogP contribution in [0.15, 0.2) is 71.0 Å². The molecule has 4 aliphatic rings. The maximum absolute atomic E-state index is 13.4. The number of halogens is 1. The van der Waals surface area contributed by atoms with Crippen LogP contribution in [0.3, 0.4) is 0 Å². The molecule has 0 bridgehead atoms. The Morgan fingerprint density at radius 2 is 1.84 bits per heavy atom. The van der Waals surface area contributed by atoms with E-state index in [1.54, 1.807) is 35.2 Å². The van der Waals surface area contributed by atoms with Crippen molar-refractivity contribution in [2.75, 3.05) is 25.0 Å². The lowest BCUT2D eigenvalue weighted by atomic mass is 9.88. The first-order chi connectivity index (χ1) is 23.2. The number of benzene rings is 2. The van der Waals surface area contributed by atoms with Crippen molar-refractivity contribution in [2.45, 2.75) is 77.7 Å². The van der Waals surface area contributed by atoms with Crippen LogP contribution < -0.4 is 26.6 Å². The van der Waals surface area contributed by atoms with Crippen LogP contribution in [0, 0.1) is 5.82 Å². The van der Waals surface area contributed by atoms with Gasteiger partial charge in [0.25, 0.3) is 11.8 Å². The molecule has 2 aromatic carbocycles. The molecule has 1 aliphatic carbocycles. The number of fused-ring (bicyclic) bond motifs is 2. The number of allylic oxidation sites excluding steroid dienone is 1. The van der Waals surface area contributed by atoms with Crippen LogP contribution in [-0.2, 0) is 14.3 Å². The Hall–Kier alpha value is -4.81. The summed E-state index contributed by atoms with van der Waals surface area (Å²) in [6.45, 7) is 12.6. The molecule has 0 radical (unpaired) electrons. The van der Waals surface area contributed by atoms with Crippen LogP contribution in [0.2, 0.25) is 0 Å². The molecule has 2 saturated heterocycles. The van der Waals surface area contributed by atoms with Gasteiger partial charge in [-0.1, -0.05) is 12.1 Å². The van der Waals surface area contributed by atoms with Crippen molar-refractivity contribution in [1.82, 2.24) is 26.2 Å². The van der Waals surface area contributed by atoms with Gasteiger partial charge in [-0.2, -0.15) is 0 Å². The maximum Gasteiger partial charge on any atom is 0.410 e. The molecule has 0 aromatic heterocycles. The highest BCUT2D eigenvalue weighted by Gasteiger charge is 2.46. The van der Waals surface area contributed by atoms with E-state index in [4.69, 9.17) is 4.74 Å². The monoisotopic (exact) mass is 670 g/mol. The fraction of sp³-hybridized carbons (Fsp3) is 0.405. The molecule has 11 nitrogen and oxygen atoms in total. The Morgan fingerprint density at radius 1 is 1.10 bits per heavy atom. The minimum atomic E-state index is -0.603. The highest BCUT2D eigenvalue weighted by molar-refractivity contribution is 6.32. The zero-order valence-corrected chi connectivity index (χ0v) is 28.6. The Labute approximate surface area is 285 Å². The summed E-state index contributed by atoms with van der Waals surface area (Å²) in [5.41, 5.74) is 5.65. The summed E-state index contributed by atoms with van der Waals surface area (Å²) in [7, 11) is 0. The molecule has 5 N–H and O–H groups in total. The first-order valence-corrected chi connectivity index (χ1v) is 16.6. The van der Waals surface area contributed by atoms with Gasteiger partial charge in [-0.3, -0.25) is 19.7 Å². The van der Waals surface area contributed by atoms with E-state index in [0.717, 1.165) is 22.3 Å². The van der Waals surface area contributed by atoms with Gasteiger partial charge < -0.3 is 30.9 Å². The van der Waals surface area contributed by atoms with Gasteiger partial charge in [-0.15, -0.1) is 0 Å². The van der Waals surface area contributed by atoms with Crippen LogP contribution in [-0.4, -0.2) is 72.1 Å². The van der Waals surface area contributed by atoms with Crippen molar-refractivity contribution in [2.24, 2.45) is 0 Å². The number of rotatable bonds is 7. The minimum Gasteiger partial charge on any atom is -0.444 e. The number of amides is 4. The summed E-state index contributed by atoms with van der Waals surface area (Å²) in [6, 6.07) is 10.5. The molecule has 2 fully saturated rings. The predicted octanol–water partition coefficient (Wildman–Crippen LogP) is 4.31. The lowest BCUT2D eigenvalue weighted by Gasteiger charge is -2.34. The standard InChI is InChI=1S/C37H43FN6O5/c1-19-26(17-28-27-15-23(9-12-29(27)41-35(28)47)34(46)40-21(3)22-7-10-24(38)11-8-22)33-32(43-33)20(2)31(19)42-30(45)16-25-18-44(14-13-39-25)36(48)49-37(4,5)6/h7-12,15,17,21,25,32-33,39,43H,13-14,16,18H2,1-6H3,(H,40,46)(H,41,47)(H,42,45)/b28-17-/t21-,25?,32?,33?/m1/s1. The van der Waals surface area contributed by atoms with Crippen LogP contribution >= 0.6 is 0 Å². The van der Waals surface area contributed by atoms with Gasteiger partial charge in [0.2, 0.25) is 5.91 Å². The molecule has 0 spiro atoms. The van der Waals surface area contributed by atoms with Crippen molar-refractivity contribution >= 4 is 35.1 Å². The van der Waals surface area contributed by atoms with Gasteiger partial charge in [0, 0.05) is 60.2 Å². The van der Waals surface area contributed by atoms with Crippen molar-refractivity contribution < 1.29 is 28.3 Å². The van der Waals surface area contributed by atoms with Crippen LogP contribution in [0.25, 0.3) is 5.57 Å². The van der Waals surface area contributed by atoms with Crippen molar-refractivity contribution in [1.29, 1.82) is 0 Å². The Bertz CT molecular complexity index is 1810. The van der Waals surface area contributed by atoms with Gasteiger partial charge >= 0.3 is 6.09 Å². The zero-order valence-electron chi connectivity index (χ0n) is 28.6. The lowest BCUT2D eigenvalue weighted by molar-refractivity contribution is -0.121. The van der Waals surface area contributed by atoms with E-state index in [9.17, 15) is 23.6 Å². The van der Waals surface area contributed by atoms with Gasteiger partial charge in [0.05, 0.1) is 18.1 Å². The lowest BCUT2D eigenvalue weighted by Crippen LogP contribution is -2.54. The molecule has 12 heteroatoms. The summed E-state index contributed by atoms with van der Waals surface area (Å²) >= 11 is 0. The predicted molar refractivity (Wildman–Crippen MR) is 184 cm³/mol. The number of ether oxygens (including phenoxy) is 1. The summed E-state index contributed by atoms with van der Waals surface area (Å²) in [6.07, 6.45) is 1.62. The normalized spacial score (nSPS) is 23.1. The Kier molecular flexibility index (Phi) is 9.21. The van der Waals surface area contributed by atoms with E-state index >= 15 is 0 Å². The van der Waals surface area contributed by atoms with E-state index in [0.29, 0.717) is 47.7 Å². The molecule has 4 atom stereocenters. The van der Waals surface area contributed by atoms with E-state index in [1.807, 2.05) is 47.6 Å². The average Bonchev–Trinajstić information content (AvgIpc) is 3.78. The first kappa shape index (κ1) is 34.1. The molecule has 6 rings (SSSR count). The molecule has 0 saturated carbocycles. The highest BCUT2D eigenvalue weighted by atomic mass is 19.1. The number of nitrogens with zero attached hydrogens (tertiary/aromatic N) is 1. The Morgan fingerprint density at radius 3 is 2.55 bits per heavy atom. The topological polar surface area (TPSA) is 151 Å². The number of nitrogens with one attached hydrogen (secondary N) is 5. The largest absolute Gasteiger partial charge is 0.444 e. The van der Waals surface area contributed by atoms with Crippen LogP contribution in [0.4, 0.5) is 14.9 Å². The number of hydrogen-bond acceptors (Lipinski definition) is 7. The third-order valence-corrected chi connectivity index (χ3v) is 9.27. The molecule has 258 valence electrons. The summed E-state index contributed by atoms with van der Waals surface area (Å²) < 4.78 is 18.9. The molecule has 3 aliphatic heterocycles. The van der Waals surface area contributed by atoms with Gasteiger partial charge in [0.15, 0.2) is 0 Å². The molecular weight excluding hydrogens is 627 g/mol. The quantitative estimate of drug-likeness (QED) is 0.218. The summed E-state index contributed by atoms with van der Waals surface area (Å²) in [5, 5.41) is 15.8. The van der Waals surface area contributed by atoms with Crippen LogP contribution in [0.1, 0.15) is 75.5 Å². The van der Waals surface area contributed by atoms with Crippen molar-refractivity contribution in [3.8, 4) is 0 Å². The molecule has 49 heavy (non-hydrogen) atoms. The number of piperazine rings is 1. The molecule has 2 aromatic rings. The van der Waals surface area contributed by atoms with Crippen molar-refractivity contribution in [3.63, 3.8) is 0 Å². The average molecular weight is 671 g/mol. The fourth-order valence-electron chi connectivity index (χ4n) is 6.61. The third kappa shape index (κ3) is 7.45.